The van der Waals surface area contributed by atoms with Gasteiger partial charge in [-0.05, 0) is 18.6 Å². The summed E-state index contributed by atoms with van der Waals surface area (Å²) < 4.78 is 5.19. The van der Waals surface area contributed by atoms with Crippen molar-refractivity contribution in [1.82, 2.24) is 0 Å². The van der Waals surface area contributed by atoms with Crippen molar-refractivity contribution < 1.29 is 9.84 Å². The fourth-order valence-corrected chi connectivity index (χ4v) is 1.23. The topological polar surface area (TPSA) is 41.5 Å². The van der Waals surface area contributed by atoms with Gasteiger partial charge < -0.3 is 15.2 Å². The van der Waals surface area contributed by atoms with Crippen LogP contribution in [0.5, 0.6) is 0 Å². The lowest BCUT2D eigenvalue weighted by molar-refractivity contribution is 0.0871. The Balaban J connectivity index is 2.32. The van der Waals surface area contributed by atoms with Gasteiger partial charge >= 0.3 is 0 Å². The Morgan fingerprint density at radius 1 is 1.36 bits per heavy atom. The highest BCUT2D eigenvalue weighted by molar-refractivity contribution is 5.42. The Hall–Kier alpha value is -1.06. The molecular formula is C11H17NO2. The lowest BCUT2D eigenvalue weighted by atomic mass is 10.2. The summed E-state index contributed by atoms with van der Waals surface area (Å²) >= 11 is 0. The minimum Gasteiger partial charge on any atom is -0.396 e. The van der Waals surface area contributed by atoms with Crippen LogP contribution >= 0.6 is 0 Å². The van der Waals surface area contributed by atoms with Crippen molar-refractivity contribution in [2.75, 3.05) is 25.6 Å². The minimum atomic E-state index is 0.0696. The molecule has 14 heavy (non-hydrogen) atoms. The Morgan fingerprint density at radius 2 is 2.07 bits per heavy atom. The SMILES string of the molecule is CO[C@@H](CCO)CNc1ccccc1. The van der Waals surface area contributed by atoms with Crippen molar-refractivity contribution >= 4 is 5.69 Å². The first-order valence-corrected chi connectivity index (χ1v) is 4.79. The van der Waals surface area contributed by atoms with Crippen molar-refractivity contribution in [1.29, 1.82) is 0 Å². The largest absolute Gasteiger partial charge is 0.396 e. The summed E-state index contributed by atoms with van der Waals surface area (Å²) in [6.45, 7) is 0.885. The van der Waals surface area contributed by atoms with Crippen molar-refractivity contribution in [2.45, 2.75) is 12.5 Å². The molecule has 3 heteroatoms. The maximum Gasteiger partial charge on any atom is 0.0765 e. The number of methoxy groups -OCH3 is 1. The van der Waals surface area contributed by atoms with E-state index in [9.17, 15) is 0 Å². The molecule has 1 aromatic rings. The molecule has 0 bridgehead atoms. The van der Waals surface area contributed by atoms with Gasteiger partial charge in [0.15, 0.2) is 0 Å². The second kappa shape index (κ2) is 6.40. The lowest BCUT2D eigenvalue weighted by Crippen LogP contribution is -2.23. The van der Waals surface area contributed by atoms with Gasteiger partial charge in [-0.15, -0.1) is 0 Å². The van der Waals surface area contributed by atoms with Crippen LogP contribution in [0, 0.1) is 0 Å². The molecule has 1 aromatic carbocycles. The highest BCUT2D eigenvalue weighted by Gasteiger charge is 2.05. The number of para-hydroxylation sites is 1. The van der Waals surface area contributed by atoms with E-state index in [1.165, 1.54) is 0 Å². The van der Waals surface area contributed by atoms with Gasteiger partial charge in [-0.25, -0.2) is 0 Å². The molecule has 3 nitrogen and oxygen atoms in total. The van der Waals surface area contributed by atoms with Gasteiger partial charge in [-0.2, -0.15) is 0 Å². The molecular weight excluding hydrogens is 178 g/mol. The summed E-state index contributed by atoms with van der Waals surface area (Å²) in [4.78, 5) is 0. The normalized spacial score (nSPS) is 12.4. The van der Waals surface area contributed by atoms with Gasteiger partial charge in [-0.3, -0.25) is 0 Å². The van der Waals surface area contributed by atoms with Gasteiger partial charge in [0.05, 0.1) is 6.10 Å². The molecule has 78 valence electrons. The molecule has 0 aliphatic heterocycles. The maximum absolute atomic E-state index is 8.76. The Kier molecular flexibility index (Phi) is 5.04. The summed E-state index contributed by atoms with van der Waals surface area (Å²) in [6, 6.07) is 9.95. The predicted octanol–water partition coefficient (Wildman–Crippen LogP) is 1.50. The van der Waals surface area contributed by atoms with Gasteiger partial charge in [-0.1, -0.05) is 18.2 Å². The third kappa shape index (κ3) is 3.77. The number of benzene rings is 1. The first-order chi connectivity index (χ1) is 6.86. The van der Waals surface area contributed by atoms with Crippen LogP contribution in [0.1, 0.15) is 6.42 Å². The van der Waals surface area contributed by atoms with E-state index in [2.05, 4.69) is 5.32 Å². The summed E-state index contributed by atoms with van der Waals surface area (Å²) in [7, 11) is 1.66. The summed E-state index contributed by atoms with van der Waals surface area (Å²) in [5.41, 5.74) is 1.08. The van der Waals surface area contributed by atoms with Crippen LogP contribution < -0.4 is 5.32 Å². The lowest BCUT2D eigenvalue weighted by Gasteiger charge is -2.15. The number of rotatable bonds is 6. The Bertz CT molecular complexity index is 238. The van der Waals surface area contributed by atoms with Crippen LogP contribution in [-0.2, 0) is 4.74 Å². The Morgan fingerprint density at radius 3 is 2.64 bits per heavy atom. The van der Waals surface area contributed by atoms with E-state index in [0.29, 0.717) is 6.42 Å². The molecule has 0 saturated heterocycles. The quantitative estimate of drug-likeness (QED) is 0.722. The van der Waals surface area contributed by atoms with E-state index in [1.54, 1.807) is 7.11 Å². The van der Waals surface area contributed by atoms with Crippen molar-refractivity contribution in [2.24, 2.45) is 0 Å². The Labute approximate surface area is 84.7 Å². The highest BCUT2D eigenvalue weighted by atomic mass is 16.5. The summed E-state index contributed by atoms with van der Waals surface area (Å²) in [5.74, 6) is 0. The second-order valence-electron chi connectivity index (χ2n) is 3.12. The highest BCUT2D eigenvalue weighted by Crippen LogP contribution is 2.06. The molecule has 0 heterocycles. The number of hydrogen-bond acceptors (Lipinski definition) is 3. The minimum absolute atomic E-state index is 0.0696. The zero-order chi connectivity index (χ0) is 10.2. The number of anilines is 1. The molecule has 0 spiro atoms. The average Bonchev–Trinajstić information content (AvgIpc) is 2.25. The fourth-order valence-electron chi connectivity index (χ4n) is 1.23. The van der Waals surface area contributed by atoms with Crippen LogP contribution in [0.15, 0.2) is 30.3 Å². The molecule has 0 aliphatic carbocycles. The second-order valence-corrected chi connectivity index (χ2v) is 3.12. The van der Waals surface area contributed by atoms with Gasteiger partial charge in [0.25, 0.3) is 0 Å². The van der Waals surface area contributed by atoms with Crippen LogP contribution in [-0.4, -0.2) is 31.5 Å². The van der Waals surface area contributed by atoms with E-state index in [1.807, 2.05) is 30.3 Å². The van der Waals surface area contributed by atoms with E-state index in [-0.39, 0.29) is 12.7 Å². The van der Waals surface area contributed by atoms with Crippen molar-refractivity contribution in [3.63, 3.8) is 0 Å². The number of hydrogen-bond donors (Lipinski definition) is 2. The summed E-state index contributed by atoms with van der Waals surface area (Å²) in [5, 5.41) is 12.0. The third-order valence-electron chi connectivity index (χ3n) is 2.09. The first-order valence-electron chi connectivity index (χ1n) is 4.79. The molecule has 1 rings (SSSR count). The zero-order valence-electron chi connectivity index (χ0n) is 8.44. The van der Waals surface area contributed by atoms with E-state index in [4.69, 9.17) is 9.84 Å². The third-order valence-corrected chi connectivity index (χ3v) is 2.09. The monoisotopic (exact) mass is 195 g/mol. The van der Waals surface area contributed by atoms with E-state index < -0.39 is 0 Å². The number of aliphatic hydroxyl groups is 1. The molecule has 0 aliphatic rings. The number of aliphatic hydroxyl groups excluding tert-OH is 1. The van der Waals surface area contributed by atoms with Crippen LogP contribution in [0.4, 0.5) is 5.69 Å². The predicted molar refractivity (Wildman–Crippen MR) is 57.4 cm³/mol. The van der Waals surface area contributed by atoms with Gasteiger partial charge in [0, 0.05) is 25.9 Å². The van der Waals surface area contributed by atoms with Gasteiger partial charge in [0.2, 0.25) is 0 Å². The van der Waals surface area contributed by atoms with Crippen molar-refractivity contribution in [3.05, 3.63) is 30.3 Å². The molecule has 0 amide bonds. The molecule has 0 unspecified atom stereocenters. The fraction of sp³-hybridized carbons (Fsp3) is 0.455. The summed E-state index contributed by atoms with van der Waals surface area (Å²) in [6.07, 6.45) is 0.733. The molecule has 0 radical (unpaired) electrons. The first kappa shape index (κ1) is 11.0. The standard InChI is InChI=1S/C11H17NO2/c1-14-11(7-8-13)9-12-10-5-3-2-4-6-10/h2-6,11-13H,7-9H2,1H3/t11-/m0/s1. The molecule has 0 fully saturated rings. The maximum atomic E-state index is 8.76. The molecule has 0 saturated carbocycles. The average molecular weight is 195 g/mol. The molecule has 1 atom stereocenters. The van der Waals surface area contributed by atoms with E-state index >= 15 is 0 Å². The number of ether oxygens (including phenoxy) is 1. The van der Waals surface area contributed by atoms with Crippen molar-refractivity contribution in [3.8, 4) is 0 Å². The zero-order valence-corrected chi connectivity index (χ0v) is 8.44. The molecule has 2 N–H and O–H groups in total. The number of nitrogens with one attached hydrogen (secondary N) is 1. The van der Waals surface area contributed by atoms with Crippen LogP contribution in [0.3, 0.4) is 0 Å². The van der Waals surface area contributed by atoms with E-state index in [0.717, 1.165) is 12.2 Å². The smallest absolute Gasteiger partial charge is 0.0765 e. The molecule has 0 aromatic heterocycles. The van der Waals surface area contributed by atoms with Gasteiger partial charge in [0.1, 0.15) is 0 Å². The van der Waals surface area contributed by atoms with Crippen LogP contribution in [0.2, 0.25) is 0 Å². The van der Waals surface area contributed by atoms with Crippen LogP contribution in [0.25, 0.3) is 0 Å².